The Bertz CT molecular complexity index is 198. The van der Waals surface area contributed by atoms with Gasteiger partial charge < -0.3 is 14.8 Å². The smallest absolute Gasteiger partial charge is 0.216 e. The molecule has 0 spiro atoms. The van der Waals surface area contributed by atoms with E-state index < -0.39 is 0 Å². The number of aliphatic hydroxyl groups excluding tert-OH is 1. The SMILES string of the molecule is COc1[nH]c(C)nc1CO. The maximum absolute atomic E-state index is 8.70. The Balaban J connectivity index is 2.96. The number of hydrogen-bond donors (Lipinski definition) is 2. The molecule has 1 rings (SSSR count). The third-order valence-corrected chi connectivity index (χ3v) is 1.21. The monoisotopic (exact) mass is 142 g/mol. The maximum atomic E-state index is 8.70. The zero-order valence-corrected chi connectivity index (χ0v) is 6.01. The summed E-state index contributed by atoms with van der Waals surface area (Å²) in [5.41, 5.74) is 0.556. The molecule has 0 atom stereocenters. The summed E-state index contributed by atoms with van der Waals surface area (Å²) in [6.07, 6.45) is 0. The topological polar surface area (TPSA) is 58.1 Å². The van der Waals surface area contributed by atoms with Crippen LogP contribution in [0.1, 0.15) is 11.5 Å². The molecule has 4 nitrogen and oxygen atoms in total. The Hall–Kier alpha value is -1.03. The van der Waals surface area contributed by atoms with Crippen LogP contribution in [-0.4, -0.2) is 22.2 Å². The van der Waals surface area contributed by atoms with E-state index in [4.69, 9.17) is 9.84 Å². The molecule has 0 aromatic carbocycles. The summed E-state index contributed by atoms with van der Waals surface area (Å²) in [6, 6.07) is 0. The number of ether oxygens (including phenoxy) is 1. The lowest BCUT2D eigenvalue weighted by Gasteiger charge is -1.94. The zero-order valence-electron chi connectivity index (χ0n) is 6.01. The van der Waals surface area contributed by atoms with Gasteiger partial charge in [-0.05, 0) is 6.92 Å². The number of nitrogens with zero attached hydrogens (tertiary/aromatic N) is 1. The third-order valence-electron chi connectivity index (χ3n) is 1.21. The van der Waals surface area contributed by atoms with Crippen LogP contribution in [0.25, 0.3) is 0 Å². The molecule has 0 amide bonds. The molecule has 1 aromatic heterocycles. The number of methoxy groups -OCH3 is 1. The van der Waals surface area contributed by atoms with Crippen LogP contribution >= 0.6 is 0 Å². The van der Waals surface area contributed by atoms with Crippen molar-refractivity contribution in [2.45, 2.75) is 13.5 Å². The van der Waals surface area contributed by atoms with Crippen LogP contribution in [0, 0.1) is 6.92 Å². The van der Waals surface area contributed by atoms with Gasteiger partial charge in [-0.25, -0.2) is 4.98 Å². The number of imidazole rings is 1. The van der Waals surface area contributed by atoms with Crippen LogP contribution < -0.4 is 4.74 Å². The highest BCUT2D eigenvalue weighted by Crippen LogP contribution is 2.13. The van der Waals surface area contributed by atoms with Crippen LogP contribution in [0.15, 0.2) is 0 Å². The van der Waals surface area contributed by atoms with Gasteiger partial charge in [-0.1, -0.05) is 0 Å². The van der Waals surface area contributed by atoms with E-state index in [0.29, 0.717) is 11.6 Å². The number of hydrogen-bond acceptors (Lipinski definition) is 3. The highest BCUT2D eigenvalue weighted by Gasteiger charge is 2.05. The molecule has 0 aliphatic heterocycles. The van der Waals surface area contributed by atoms with Crippen molar-refractivity contribution in [1.29, 1.82) is 0 Å². The highest BCUT2D eigenvalue weighted by molar-refractivity contribution is 5.19. The van der Waals surface area contributed by atoms with Gasteiger partial charge in [-0.15, -0.1) is 0 Å². The first-order chi connectivity index (χ1) is 4.77. The van der Waals surface area contributed by atoms with Gasteiger partial charge >= 0.3 is 0 Å². The average Bonchev–Trinajstić information content (AvgIpc) is 2.30. The summed E-state index contributed by atoms with van der Waals surface area (Å²) in [6.45, 7) is 1.72. The summed E-state index contributed by atoms with van der Waals surface area (Å²) in [5, 5.41) is 8.70. The molecule has 2 N–H and O–H groups in total. The van der Waals surface area contributed by atoms with Gasteiger partial charge in [0, 0.05) is 0 Å². The highest BCUT2D eigenvalue weighted by atomic mass is 16.5. The minimum atomic E-state index is -0.0898. The minimum absolute atomic E-state index is 0.0898. The molecule has 0 unspecified atom stereocenters. The van der Waals surface area contributed by atoms with Crippen LogP contribution in [-0.2, 0) is 6.61 Å². The number of aliphatic hydroxyl groups is 1. The van der Waals surface area contributed by atoms with Gasteiger partial charge in [0.15, 0.2) is 0 Å². The lowest BCUT2D eigenvalue weighted by atomic mass is 10.5. The molecule has 4 heteroatoms. The van der Waals surface area contributed by atoms with E-state index in [-0.39, 0.29) is 6.61 Å². The molecule has 56 valence electrons. The Morgan fingerprint density at radius 1 is 1.70 bits per heavy atom. The van der Waals surface area contributed by atoms with Crippen molar-refractivity contribution in [3.05, 3.63) is 11.5 Å². The predicted molar refractivity (Wildman–Crippen MR) is 35.8 cm³/mol. The van der Waals surface area contributed by atoms with Crippen LogP contribution in [0.5, 0.6) is 5.88 Å². The average molecular weight is 142 g/mol. The first-order valence-electron chi connectivity index (χ1n) is 2.98. The summed E-state index contributed by atoms with van der Waals surface area (Å²) < 4.78 is 4.88. The standard InChI is InChI=1S/C6H10N2O2/c1-4-7-5(3-9)6(8-4)10-2/h9H,3H2,1-2H3,(H,7,8). The largest absolute Gasteiger partial charge is 0.481 e. The molecule has 1 heterocycles. The summed E-state index contributed by atoms with van der Waals surface area (Å²) in [4.78, 5) is 6.82. The molecule has 10 heavy (non-hydrogen) atoms. The predicted octanol–water partition coefficient (Wildman–Crippen LogP) is 0.219. The number of rotatable bonds is 2. The molecular formula is C6H10N2O2. The first-order valence-corrected chi connectivity index (χ1v) is 2.98. The third kappa shape index (κ3) is 1.11. The second-order valence-corrected chi connectivity index (χ2v) is 1.96. The quantitative estimate of drug-likeness (QED) is 0.621. The van der Waals surface area contributed by atoms with E-state index >= 15 is 0 Å². The molecule has 0 saturated heterocycles. The van der Waals surface area contributed by atoms with Crippen molar-refractivity contribution < 1.29 is 9.84 Å². The summed E-state index contributed by atoms with van der Waals surface area (Å²) in [7, 11) is 1.53. The Labute approximate surface area is 58.9 Å². The minimum Gasteiger partial charge on any atom is -0.481 e. The fourth-order valence-corrected chi connectivity index (χ4v) is 0.794. The van der Waals surface area contributed by atoms with Gasteiger partial charge in [0.2, 0.25) is 5.88 Å². The maximum Gasteiger partial charge on any atom is 0.216 e. The van der Waals surface area contributed by atoms with Crippen LogP contribution in [0.2, 0.25) is 0 Å². The van der Waals surface area contributed by atoms with Crippen molar-refractivity contribution in [1.82, 2.24) is 9.97 Å². The van der Waals surface area contributed by atoms with E-state index in [1.54, 1.807) is 0 Å². The molecule has 0 aliphatic rings. The molecular weight excluding hydrogens is 132 g/mol. The van der Waals surface area contributed by atoms with Gasteiger partial charge in [0.25, 0.3) is 0 Å². The van der Waals surface area contributed by atoms with Crippen LogP contribution in [0.4, 0.5) is 0 Å². The molecule has 0 radical (unpaired) electrons. The van der Waals surface area contributed by atoms with Crippen molar-refractivity contribution in [2.75, 3.05) is 7.11 Å². The van der Waals surface area contributed by atoms with Gasteiger partial charge in [-0.2, -0.15) is 0 Å². The Morgan fingerprint density at radius 3 is 2.80 bits per heavy atom. The van der Waals surface area contributed by atoms with Crippen molar-refractivity contribution >= 4 is 0 Å². The number of H-pyrrole nitrogens is 1. The van der Waals surface area contributed by atoms with E-state index in [9.17, 15) is 0 Å². The fraction of sp³-hybridized carbons (Fsp3) is 0.500. The Morgan fingerprint density at radius 2 is 2.40 bits per heavy atom. The van der Waals surface area contributed by atoms with Gasteiger partial charge in [-0.3, -0.25) is 0 Å². The van der Waals surface area contributed by atoms with E-state index in [2.05, 4.69) is 9.97 Å². The summed E-state index contributed by atoms with van der Waals surface area (Å²) in [5.74, 6) is 1.29. The van der Waals surface area contributed by atoms with Crippen LogP contribution in [0.3, 0.4) is 0 Å². The number of nitrogens with one attached hydrogen (secondary N) is 1. The van der Waals surface area contributed by atoms with E-state index in [1.807, 2.05) is 6.92 Å². The van der Waals surface area contributed by atoms with Gasteiger partial charge in [0.05, 0.1) is 13.7 Å². The second kappa shape index (κ2) is 2.70. The molecule has 0 fully saturated rings. The Kier molecular flexibility index (Phi) is 1.91. The number of aromatic nitrogens is 2. The van der Waals surface area contributed by atoms with Crippen molar-refractivity contribution in [2.24, 2.45) is 0 Å². The van der Waals surface area contributed by atoms with Gasteiger partial charge in [0.1, 0.15) is 11.5 Å². The van der Waals surface area contributed by atoms with E-state index in [1.165, 1.54) is 7.11 Å². The normalized spacial score (nSPS) is 9.90. The summed E-state index contributed by atoms with van der Waals surface area (Å²) >= 11 is 0. The van der Waals surface area contributed by atoms with E-state index in [0.717, 1.165) is 5.82 Å². The first kappa shape index (κ1) is 7.08. The zero-order chi connectivity index (χ0) is 7.56. The number of aromatic amines is 1. The fourth-order valence-electron chi connectivity index (χ4n) is 0.794. The second-order valence-electron chi connectivity index (χ2n) is 1.96. The molecule has 0 aliphatic carbocycles. The lowest BCUT2D eigenvalue weighted by molar-refractivity contribution is 0.268. The molecule has 1 aromatic rings. The van der Waals surface area contributed by atoms with Crippen molar-refractivity contribution in [3.8, 4) is 5.88 Å². The number of aryl methyl sites for hydroxylation is 1. The lowest BCUT2D eigenvalue weighted by Crippen LogP contribution is -1.89. The molecule has 0 saturated carbocycles. The van der Waals surface area contributed by atoms with Crippen molar-refractivity contribution in [3.63, 3.8) is 0 Å². The molecule has 0 bridgehead atoms.